The smallest absolute Gasteiger partial charge is 0.325 e. The molecule has 1 fully saturated rings. The maximum Gasteiger partial charge on any atom is 0.325 e. The zero-order valence-electron chi connectivity index (χ0n) is 11.7. The van der Waals surface area contributed by atoms with Gasteiger partial charge in [-0.15, -0.1) is 11.8 Å². The molecule has 2 atom stereocenters. The molecule has 3 nitrogen and oxygen atoms in total. The Morgan fingerprint density at radius 3 is 2.89 bits per heavy atom. The van der Waals surface area contributed by atoms with Crippen LogP contribution in [0.2, 0.25) is 0 Å². The molecule has 1 aliphatic carbocycles. The Hall–Kier alpha value is -1.00. The molecule has 104 valence electrons. The van der Waals surface area contributed by atoms with Gasteiger partial charge in [0.05, 0.1) is 7.11 Å². The zero-order chi connectivity index (χ0) is 14.0. The molecule has 1 aromatic rings. The summed E-state index contributed by atoms with van der Waals surface area (Å²) in [4.78, 5) is 13.0. The van der Waals surface area contributed by atoms with Crippen molar-refractivity contribution in [2.45, 2.75) is 48.8 Å². The fraction of sp³-hybridized carbons (Fsp3) is 0.533. The van der Waals surface area contributed by atoms with Crippen molar-refractivity contribution in [3.05, 3.63) is 29.3 Å². The van der Waals surface area contributed by atoms with E-state index in [-0.39, 0.29) is 5.97 Å². The summed E-state index contributed by atoms with van der Waals surface area (Å²) >= 11 is 1.83. The third kappa shape index (κ3) is 3.12. The quantitative estimate of drug-likeness (QED) is 0.864. The van der Waals surface area contributed by atoms with E-state index in [1.165, 1.54) is 23.1 Å². The van der Waals surface area contributed by atoms with E-state index in [1.54, 1.807) is 0 Å². The lowest BCUT2D eigenvalue weighted by Crippen LogP contribution is -2.46. The van der Waals surface area contributed by atoms with Gasteiger partial charge in [0.1, 0.15) is 5.54 Å². The van der Waals surface area contributed by atoms with Crippen LogP contribution in [-0.4, -0.2) is 23.9 Å². The predicted molar refractivity (Wildman–Crippen MR) is 78.3 cm³/mol. The van der Waals surface area contributed by atoms with E-state index >= 15 is 0 Å². The summed E-state index contributed by atoms with van der Waals surface area (Å²) in [6.07, 6.45) is 2.36. The number of carbonyl (C=O) groups is 1. The number of hydrogen-bond acceptors (Lipinski definition) is 4. The maximum atomic E-state index is 11.7. The Morgan fingerprint density at radius 2 is 2.21 bits per heavy atom. The van der Waals surface area contributed by atoms with E-state index in [4.69, 9.17) is 10.5 Å². The molecule has 0 saturated heterocycles. The van der Waals surface area contributed by atoms with Gasteiger partial charge in [-0.05, 0) is 44.7 Å². The second-order valence-electron chi connectivity index (χ2n) is 5.40. The first-order valence-corrected chi connectivity index (χ1v) is 7.44. The summed E-state index contributed by atoms with van der Waals surface area (Å²) in [7, 11) is 1.40. The molecule has 0 bridgehead atoms. The van der Waals surface area contributed by atoms with E-state index in [2.05, 4.69) is 32.0 Å². The average molecular weight is 279 g/mol. The van der Waals surface area contributed by atoms with Gasteiger partial charge in [-0.25, -0.2) is 0 Å². The van der Waals surface area contributed by atoms with Crippen molar-refractivity contribution in [3.63, 3.8) is 0 Å². The molecular weight excluding hydrogens is 258 g/mol. The highest BCUT2D eigenvalue weighted by atomic mass is 32.2. The minimum Gasteiger partial charge on any atom is -0.468 e. The predicted octanol–water partition coefficient (Wildman–Crippen LogP) is 2.82. The molecule has 0 aliphatic heterocycles. The Kier molecular flexibility index (Phi) is 4.21. The molecule has 2 rings (SSSR count). The molecule has 0 aromatic heterocycles. The van der Waals surface area contributed by atoms with Gasteiger partial charge in [-0.1, -0.05) is 17.7 Å². The first-order chi connectivity index (χ1) is 8.94. The van der Waals surface area contributed by atoms with Crippen LogP contribution in [0, 0.1) is 13.8 Å². The number of methoxy groups -OCH3 is 1. The number of esters is 1. The summed E-state index contributed by atoms with van der Waals surface area (Å²) < 4.78 is 4.81. The molecule has 2 N–H and O–H groups in total. The molecule has 4 heteroatoms. The number of hydrogen-bond donors (Lipinski definition) is 1. The van der Waals surface area contributed by atoms with E-state index in [1.807, 2.05) is 11.8 Å². The average Bonchev–Trinajstić information content (AvgIpc) is 2.76. The van der Waals surface area contributed by atoms with Gasteiger partial charge >= 0.3 is 5.97 Å². The number of thioether (sulfide) groups is 1. The van der Waals surface area contributed by atoms with E-state index in [9.17, 15) is 4.79 Å². The molecule has 2 unspecified atom stereocenters. The van der Waals surface area contributed by atoms with Crippen molar-refractivity contribution >= 4 is 17.7 Å². The van der Waals surface area contributed by atoms with Crippen LogP contribution in [-0.2, 0) is 9.53 Å². The highest BCUT2D eigenvalue weighted by molar-refractivity contribution is 8.00. The fourth-order valence-corrected chi connectivity index (χ4v) is 4.02. The third-order valence-corrected chi connectivity index (χ3v) is 5.16. The topological polar surface area (TPSA) is 52.3 Å². The SMILES string of the molecule is COC(=O)C1(N)CCC(Sc2cc(C)ccc2C)C1. The number of nitrogens with two attached hydrogens (primary N) is 1. The normalized spacial score (nSPS) is 26.4. The van der Waals surface area contributed by atoms with Crippen LogP contribution in [0.15, 0.2) is 23.1 Å². The Labute approximate surface area is 118 Å². The van der Waals surface area contributed by atoms with Crippen LogP contribution >= 0.6 is 11.8 Å². The Balaban J connectivity index is 2.06. The maximum absolute atomic E-state index is 11.7. The lowest BCUT2D eigenvalue weighted by molar-refractivity contribution is -0.146. The zero-order valence-corrected chi connectivity index (χ0v) is 12.5. The van der Waals surface area contributed by atoms with E-state index in [0.717, 1.165) is 6.42 Å². The molecule has 0 spiro atoms. The van der Waals surface area contributed by atoms with Crippen LogP contribution in [0.5, 0.6) is 0 Å². The first kappa shape index (κ1) is 14.4. The van der Waals surface area contributed by atoms with Crippen molar-refractivity contribution < 1.29 is 9.53 Å². The van der Waals surface area contributed by atoms with Crippen LogP contribution < -0.4 is 5.73 Å². The summed E-state index contributed by atoms with van der Waals surface area (Å²) in [6, 6.07) is 6.47. The molecule has 1 aromatic carbocycles. The number of aryl methyl sites for hydroxylation is 2. The van der Waals surface area contributed by atoms with Crippen molar-refractivity contribution in [3.8, 4) is 0 Å². The number of ether oxygens (including phenoxy) is 1. The van der Waals surface area contributed by atoms with Crippen molar-refractivity contribution in [1.82, 2.24) is 0 Å². The van der Waals surface area contributed by atoms with Crippen LogP contribution in [0.4, 0.5) is 0 Å². The third-order valence-electron chi connectivity index (χ3n) is 3.73. The second-order valence-corrected chi connectivity index (χ2v) is 6.74. The molecular formula is C15H21NO2S. The highest BCUT2D eigenvalue weighted by Gasteiger charge is 2.43. The molecule has 1 saturated carbocycles. The molecule has 19 heavy (non-hydrogen) atoms. The summed E-state index contributed by atoms with van der Waals surface area (Å²) in [5.41, 5.74) is 7.89. The summed E-state index contributed by atoms with van der Waals surface area (Å²) in [5, 5.41) is 0.393. The molecule has 0 heterocycles. The highest BCUT2D eigenvalue weighted by Crippen LogP contribution is 2.40. The van der Waals surface area contributed by atoms with E-state index in [0.29, 0.717) is 18.1 Å². The van der Waals surface area contributed by atoms with Crippen molar-refractivity contribution in [2.24, 2.45) is 5.73 Å². The monoisotopic (exact) mass is 279 g/mol. The standard InChI is InChI=1S/C15H21NO2S/c1-10-4-5-11(2)13(8-10)19-12-6-7-15(16,9-12)14(17)18-3/h4-5,8,12H,6-7,9,16H2,1-3H3. The molecule has 0 amide bonds. The summed E-state index contributed by atoms with van der Waals surface area (Å²) in [5.74, 6) is -0.281. The number of rotatable bonds is 3. The van der Waals surface area contributed by atoms with Gasteiger partial charge in [0, 0.05) is 10.1 Å². The number of benzene rings is 1. The first-order valence-electron chi connectivity index (χ1n) is 6.56. The molecule has 0 radical (unpaired) electrons. The van der Waals surface area contributed by atoms with Gasteiger partial charge in [-0.3, -0.25) is 4.79 Å². The number of carbonyl (C=O) groups excluding carboxylic acids is 1. The minimum absolute atomic E-state index is 0.281. The van der Waals surface area contributed by atoms with Crippen molar-refractivity contribution in [1.29, 1.82) is 0 Å². The fourth-order valence-electron chi connectivity index (χ4n) is 2.53. The van der Waals surface area contributed by atoms with E-state index < -0.39 is 5.54 Å². The summed E-state index contributed by atoms with van der Waals surface area (Å²) in [6.45, 7) is 4.21. The van der Waals surface area contributed by atoms with Crippen molar-refractivity contribution in [2.75, 3.05) is 7.11 Å². The Bertz CT molecular complexity index is 489. The Morgan fingerprint density at radius 1 is 1.47 bits per heavy atom. The van der Waals surface area contributed by atoms with Crippen LogP contribution in [0.25, 0.3) is 0 Å². The lowest BCUT2D eigenvalue weighted by Gasteiger charge is -2.20. The van der Waals surface area contributed by atoms with Crippen LogP contribution in [0.3, 0.4) is 0 Å². The van der Waals surface area contributed by atoms with Gasteiger partial charge in [0.15, 0.2) is 0 Å². The second kappa shape index (κ2) is 5.55. The van der Waals surface area contributed by atoms with Crippen LogP contribution in [0.1, 0.15) is 30.4 Å². The molecule has 1 aliphatic rings. The van der Waals surface area contributed by atoms with Gasteiger partial charge in [-0.2, -0.15) is 0 Å². The largest absolute Gasteiger partial charge is 0.468 e. The minimum atomic E-state index is -0.788. The van der Waals surface area contributed by atoms with Gasteiger partial charge in [0.2, 0.25) is 0 Å². The van der Waals surface area contributed by atoms with Gasteiger partial charge < -0.3 is 10.5 Å². The lowest BCUT2D eigenvalue weighted by atomic mass is 10.00. The van der Waals surface area contributed by atoms with Gasteiger partial charge in [0.25, 0.3) is 0 Å².